The molecule has 2 aromatic heterocycles. The van der Waals surface area contributed by atoms with Gasteiger partial charge in [0.25, 0.3) is 11.8 Å². The molecular formula is C38H25Cl2F3N6O2. The smallest absolute Gasteiger partial charge is 0.267 e. The molecule has 13 heteroatoms. The van der Waals surface area contributed by atoms with E-state index in [0.29, 0.717) is 69.5 Å². The Balaban J connectivity index is 0.000000159. The van der Waals surface area contributed by atoms with Crippen LogP contribution in [0.2, 0.25) is 10.0 Å². The predicted octanol–water partition coefficient (Wildman–Crippen LogP) is 8.35. The maximum Gasteiger partial charge on any atom is 0.267 e. The number of carbonyl (C=O) groups excluding carboxylic acids is 2. The maximum atomic E-state index is 13.7. The van der Waals surface area contributed by atoms with Crippen molar-refractivity contribution in [2.24, 2.45) is 0 Å². The fourth-order valence-electron chi connectivity index (χ4n) is 6.67. The van der Waals surface area contributed by atoms with Crippen molar-refractivity contribution in [2.45, 2.75) is 25.9 Å². The highest BCUT2D eigenvalue weighted by molar-refractivity contribution is 6.42. The zero-order valence-electron chi connectivity index (χ0n) is 26.6. The Hall–Kier alpha value is -5.75. The normalized spacial score (nSPS) is 13.9. The van der Waals surface area contributed by atoms with E-state index in [0.717, 1.165) is 47.1 Å². The number of rotatable bonds is 2. The Labute approximate surface area is 299 Å². The quantitative estimate of drug-likeness (QED) is 0.175. The molecule has 8 rings (SSSR count). The minimum Gasteiger partial charge on any atom is -0.351 e. The van der Waals surface area contributed by atoms with Gasteiger partial charge in [0.2, 0.25) is 0 Å². The molecule has 0 unspecified atom stereocenters. The molecule has 0 saturated heterocycles. The van der Waals surface area contributed by atoms with Crippen molar-refractivity contribution in [1.29, 1.82) is 10.5 Å². The summed E-state index contributed by atoms with van der Waals surface area (Å²) in [6.45, 7) is 2.44. The van der Waals surface area contributed by atoms with Crippen molar-refractivity contribution in [3.8, 4) is 34.4 Å². The van der Waals surface area contributed by atoms with Gasteiger partial charge in [-0.1, -0.05) is 29.3 Å². The molecule has 8 nitrogen and oxygen atoms in total. The lowest BCUT2D eigenvalue weighted by Gasteiger charge is -2.11. The zero-order valence-corrected chi connectivity index (χ0v) is 28.1. The summed E-state index contributed by atoms with van der Waals surface area (Å²) in [7, 11) is 0. The van der Waals surface area contributed by atoms with Gasteiger partial charge in [-0.05, 0) is 84.6 Å². The van der Waals surface area contributed by atoms with E-state index >= 15 is 0 Å². The Morgan fingerprint density at radius 3 is 1.59 bits per heavy atom. The van der Waals surface area contributed by atoms with Gasteiger partial charge in [-0.25, -0.2) is 13.2 Å². The van der Waals surface area contributed by atoms with Crippen LogP contribution in [0.25, 0.3) is 44.1 Å². The summed E-state index contributed by atoms with van der Waals surface area (Å²) in [4.78, 5) is 24.6. The number of benzene rings is 4. The Morgan fingerprint density at radius 2 is 1.12 bits per heavy atom. The molecule has 2 amide bonds. The van der Waals surface area contributed by atoms with Crippen LogP contribution in [0.4, 0.5) is 13.2 Å². The van der Waals surface area contributed by atoms with Crippen LogP contribution in [0.15, 0.2) is 66.7 Å². The number of nitriles is 2. The standard InChI is InChI=1S/C19H13Cl2N3O.C19H12F3N3O/c20-15-3-2-12(8-16(15)21)14-7-11(10-22)6-13-9-17-19(25)23-4-1-5-24(17)18(13)14;20-14-6-11(7-15(21)17(14)22)13-5-10(9-23)4-12-8-16-19(26)24-2-1-3-25(16)18(12)13/h2-3,6-9H,1,4-5H2,(H,23,25);4-8H,1-3H2,(H,24,26). The lowest BCUT2D eigenvalue weighted by molar-refractivity contribution is 0.0943. The highest BCUT2D eigenvalue weighted by Crippen LogP contribution is 2.37. The van der Waals surface area contributed by atoms with Gasteiger partial charge in [-0.15, -0.1) is 0 Å². The van der Waals surface area contributed by atoms with Crippen LogP contribution in [0.1, 0.15) is 44.9 Å². The molecule has 2 N–H and O–H groups in total. The first-order valence-electron chi connectivity index (χ1n) is 15.9. The number of carbonyl (C=O) groups is 2. The third-order valence-electron chi connectivity index (χ3n) is 8.92. The number of halogens is 5. The summed E-state index contributed by atoms with van der Waals surface area (Å²) < 4.78 is 44.6. The summed E-state index contributed by atoms with van der Waals surface area (Å²) in [6.07, 6.45) is 1.54. The van der Waals surface area contributed by atoms with E-state index in [1.165, 1.54) is 6.07 Å². The first-order valence-corrected chi connectivity index (χ1v) is 16.6. The van der Waals surface area contributed by atoms with Gasteiger partial charge in [0.05, 0.1) is 44.3 Å². The number of amides is 2. The van der Waals surface area contributed by atoms with Crippen molar-refractivity contribution >= 4 is 56.8 Å². The number of hydrogen-bond acceptors (Lipinski definition) is 4. The summed E-state index contributed by atoms with van der Waals surface area (Å²) in [6, 6.07) is 21.6. The fourth-order valence-corrected chi connectivity index (χ4v) is 6.97. The molecule has 0 spiro atoms. The summed E-state index contributed by atoms with van der Waals surface area (Å²) >= 11 is 12.2. The van der Waals surface area contributed by atoms with E-state index in [4.69, 9.17) is 23.2 Å². The minimum atomic E-state index is -1.55. The largest absolute Gasteiger partial charge is 0.351 e. The van der Waals surface area contributed by atoms with E-state index in [-0.39, 0.29) is 22.9 Å². The van der Waals surface area contributed by atoms with Gasteiger partial charge < -0.3 is 19.8 Å². The Bertz CT molecular complexity index is 2500. The number of aromatic nitrogens is 2. The lowest BCUT2D eigenvalue weighted by Crippen LogP contribution is -2.22. The SMILES string of the molecule is N#Cc1cc(-c2cc(F)c(F)c(F)c2)c2c(c1)cc1n2CCCNC1=O.N#Cc1cc(-c2ccc(Cl)c(Cl)c2)c2c(c1)cc1n2CCCNC1=O. The van der Waals surface area contributed by atoms with Gasteiger partial charge in [-0.2, -0.15) is 10.5 Å². The average molecular weight is 726 g/mol. The van der Waals surface area contributed by atoms with Crippen LogP contribution in [0, 0.1) is 40.1 Å². The van der Waals surface area contributed by atoms with Crippen molar-refractivity contribution in [2.75, 3.05) is 13.1 Å². The monoisotopic (exact) mass is 724 g/mol. The predicted molar refractivity (Wildman–Crippen MR) is 188 cm³/mol. The van der Waals surface area contributed by atoms with Crippen LogP contribution in [0.3, 0.4) is 0 Å². The lowest BCUT2D eigenvalue weighted by atomic mass is 9.99. The van der Waals surface area contributed by atoms with E-state index in [1.807, 2.05) is 34.9 Å². The topological polar surface area (TPSA) is 116 Å². The van der Waals surface area contributed by atoms with E-state index in [2.05, 4.69) is 16.7 Å². The van der Waals surface area contributed by atoms with Gasteiger partial charge in [0.1, 0.15) is 11.4 Å². The molecule has 4 aromatic carbocycles. The average Bonchev–Trinajstić information content (AvgIpc) is 3.56. The van der Waals surface area contributed by atoms with Crippen LogP contribution in [0.5, 0.6) is 0 Å². The van der Waals surface area contributed by atoms with Crippen LogP contribution in [-0.2, 0) is 13.1 Å². The first-order chi connectivity index (χ1) is 24.6. The summed E-state index contributed by atoms with van der Waals surface area (Å²) in [5.74, 6) is -4.51. The van der Waals surface area contributed by atoms with E-state index < -0.39 is 17.5 Å². The molecule has 2 aliphatic rings. The van der Waals surface area contributed by atoms with Crippen molar-refractivity contribution < 1.29 is 22.8 Å². The number of aryl methyl sites for hydroxylation is 2. The van der Waals surface area contributed by atoms with Gasteiger partial charge in [0.15, 0.2) is 17.5 Å². The van der Waals surface area contributed by atoms with Crippen LogP contribution in [-0.4, -0.2) is 34.0 Å². The molecule has 51 heavy (non-hydrogen) atoms. The molecule has 0 saturated carbocycles. The maximum absolute atomic E-state index is 13.7. The van der Waals surface area contributed by atoms with Crippen molar-refractivity contribution in [3.05, 3.63) is 117 Å². The molecule has 0 bridgehead atoms. The molecule has 0 fully saturated rings. The highest BCUT2D eigenvalue weighted by Gasteiger charge is 2.24. The van der Waals surface area contributed by atoms with Crippen molar-refractivity contribution in [1.82, 2.24) is 19.8 Å². The molecule has 6 aromatic rings. The first kappa shape index (κ1) is 33.7. The summed E-state index contributed by atoms with van der Waals surface area (Å²) in [5, 5.41) is 26.8. The molecule has 2 aliphatic heterocycles. The molecule has 0 atom stereocenters. The second kappa shape index (κ2) is 13.5. The third-order valence-corrected chi connectivity index (χ3v) is 9.66. The van der Waals surface area contributed by atoms with Gasteiger partial charge >= 0.3 is 0 Å². The number of fused-ring (bicyclic) bond motifs is 6. The number of nitrogens with one attached hydrogen (secondary N) is 2. The van der Waals surface area contributed by atoms with E-state index in [9.17, 15) is 33.3 Å². The highest BCUT2D eigenvalue weighted by atomic mass is 35.5. The molecular weight excluding hydrogens is 700 g/mol. The van der Waals surface area contributed by atoms with Gasteiger partial charge in [0, 0.05) is 48.1 Å². The molecule has 0 radical (unpaired) electrons. The second-order valence-corrected chi connectivity index (χ2v) is 12.9. The number of nitrogens with zero attached hydrogens (tertiary/aromatic N) is 4. The Kier molecular flexibility index (Phi) is 8.94. The summed E-state index contributed by atoms with van der Waals surface area (Å²) in [5.41, 5.74) is 5.57. The Morgan fingerprint density at radius 1 is 0.627 bits per heavy atom. The molecule has 254 valence electrons. The fraction of sp³-hybridized carbons (Fsp3) is 0.158. The number of hydrogen-bond donors (Lipinski definition) is 2. The van der Waals surface area contributed by atoms with Crippen molar-refractivity contribution in [3.63, 3.8) is 0 Å². The minimum absolute atomic E-state index is 0.0905. The molecule has 0 aliphatic carbocycles. The van der Waals surface area contributed by atoms with E-state index in [1.54, 1.807) is 28.8 Å². The van der Waals surface area contributed by atoms with Crippen LogP contribution >= 0.6 is 23.2 Å². The molecule has 4 heterocycles. The van der Waals surface area contributed by atoms with Crippen LogP contribution < -0.4 is 10.6 Å². The zero-order chi connectivity index (χ0) is 36.0. The van der Waals surface area contributed by atoms with Gasteiger partial charge in [-0.3, -0.25) is 9.59 Å². The third kappa shape index (κ3) is 6.16. The second-order valence-electron chi connectivity index (χ2n) is 12.1.